The fourth-order valence-corrected chi connectivity index (χ4v) is 8.35. The molecule has 2 aromatic carbocycles. The highest BCUT2D eigenvalue weighted by Gasteiger charge is 2.26. The predicted molar refractivity (Wildman–Crippen MR) is 189 cm³/mol. The molecule has 0 radical (unpaired) electrons. The van der Waals surface area contributed by atoms with Crippen molar-refractivity contribution in [3.05, 3.63) is 63.6 Å². The molecule has 1 N–H and O–H groups in total. The van der Waals surface area contributed by atoms with Crippen molar-refractivity contribution < 1.29 is 31.5 Å². The summed E-state index contributed by atoms with van der Waals surface area (Å²) in [5.74, 6) is -1.20. The van der Waals surface area contributed by atoms with E-state index in [9.17, 15) is 31.5 Å². The Morgan fingerprint density at radius 3 is 1.58 bits per heavy atom. The summed E-state index contributed by atoms with van der Waals surface area (Å²) in [6.07, 6.45) is 8.48. The molecule has 5 rings (SSSR count). The lowest BCUT2D eigenvalue weighted by molar-refractivity contribution is 0.0697. The molecule has 2 saturated heterocycles. The van der Waals surface area contributed by atoms with E-state index in [1.165, 1.54) is 68.5 Å². The molecule has 0 bridgehead atoms. The Hall–Kier alpha value is -3.37. The van der Waals surface area contributed by atoms with Gasteiger partial charge in [-0.1, -0.05) is 0 Å². The summed E-state index contributed by atoms with van der Waals surface area (Å²) in [5, 5.41) is 10.1. The van der Waals surface area contributed by atoms with Gasteiger partial charge in [0.15, 0.2) is 5.78 Å². The van der Waals surface area contributed by atoms with Crippen LogP contribution in [-0.4, -0.2) is 102 Å². The van der Waals surface area contributed by atoms with Crippen LogP contribution in [0, 0.1) is 6.92 Å². The van der Waals surface area contributed by atoms with Crippen molar-refractivity contribution in [2.45, 2.75) is 61.7 Å². The van der Waals surface area contributed by atoms with Crippen molar-refractivity contribution in [1.82, 2.24) is 13.6 Å². The minimum absolute atomic E-state index is 0.00524. The first-order valence-corrected chi connectivity index (χ1v) is 19.6. The number of carboxylic acids is 1. The lowest BCUT2D eigenvalue weighted by Gasteiger charge is -2.30. The summed E-state index contributed by atoms with van der Waals surface area (Å²) in [6, 6.07) is 9.24. The molecule has 2 aliphatic heterocycles. The first-order valence-electron chi connectivity index (χ1n) is 15.9. The van der Waals surface area contributed by atoms with E-state index >= 15 is 0 Å². The number of anilines is 2. The highest BCUT2D eigenvalue weighted by Crippen LogP contribution is 2.30. The average molecular weight is 720 g/mol. The second-order valence-electron chi connectivity index (χ2n) is 12.3. The third-order valence-corrected chi connectivity index (χ3v) is 12.9. The molecule has 0 atom stereocenters. The van der Waals surface area contributed by atoms with Gasteiger partial charge in [-0.2, -0.15) is 0 Å². The maximum atomic E-state index is 13.1. The van der Waals surface area contributed by atoms with Gasteiger partial charge in [-0.05, 0) is 81.8 Å². The van der Waals surface area contributed by atoms with Gasteiger partial charge < -0.3 is 14.9 Å². The van der Waals surface area contributed by atoms with Gasteiger partial charge in [0.1, 0.15) is 5.01 Å². The fourth-order valence-electron chi connectivity index (χ4n) is 5.70. The van der Waals surface area contributed by atoms with E-state index in [4.69, 9.17) is 0 Å². The topological polar surface area (TPSA) is 148 Å². The zero-order valence-corrected chi connectivity index (χ0v) is 30.6. The monoisotopic (exact) mass is 719 g/mol. The number of benzene rings is 2. The predicted octanol–water partition coefficient (Wildman–Crippen LogP) is 4.74. The Balaban J connectivity index is 0.000000224. The summed E-state index contributed by atoms with van der Waals surface area (Å²) in [4.78, 5) is 34.2. The lowest BCUT2D eigenvalue weighted by atomic mass is 10.0. The molecule has 0 unspecified atom stereocenters. The number of carbonyl (C=O) groups is 2. The van der Waals surface area contributed by atoms with Crippen molar-refractivity contribution in [2.24, 2.45) is 0 Å². The minimum Gasteiger partial charge on any atom is -0.478 e. The first kappa shape index (κ1) is 37.4. The number of ketones is 1. The third-order valence-electron chi connectivity index (χ3n) is 8.40. The van der Waals surface area contributed by atoms with E-state index in [0.717, 1.165) is 78.2 Å². The second kappa shape index (κ2) is 15.9. The summed E-state index contributed by atoms with van der Waals surface area (Å²) in [7, 11) is -1.39. The molecule has 2 aliphatic rings. The van der Waals surface area contributed by atoms with Gasteiger partial charge >= 0.3 is 5.97 Å². The van der Waals surface area contributed by atoms with Gasteiger partial charge in [0.25, 0.3) is 0 Å². The maximum absolute atomic E-state index is 13.1. The number of thiazole rings is 1. The Morgan fingerprint density at radius 1 is 0.750 bits per heavy atom. The molecule has 3 heterocycles. The zero-order chi connectivity index (χ0) is 35.2. The number of aryl methyl sites for hydroxylation is 1. The molecule has 0 spiro atoms. The number of sulfonamides is 2. The number of piperidine rings is 2. The first-order chi connectivity index (χ1) is 22.6. The number of aromatic nitrogens is 1. The molecule has 262 valence electrons. The van der Waals surface area contributed by atoms with Gasteiger partial charge in [-0.3, -0.25) is 4.79 Å². The SMILES string of the molecule is CN(C)S(=O)(=O)c1ccc(N2CCCCC2)c(C(=O)O)c1.Cc1cnc(CC(=O)c2cc(S(=O)(=O)N(C)C)ccc2N2CCCCC2)s1. The smallest absolute Gasteiger partial charge is 0.337 e. The molecule has 3 aromatic rings. The van der Waals surface area contributed by atoms with Gasteiger partial charge in [-0.15, -0.1) is 11.3 Å². The number of carboxylic acid groups (broad SMARTS) is 1. The van der Waals surface area contributed by atoms with Gasteiger partial charge in [-0.25, -0.2) is 35.2 Å². The normalized spacial score (nSPS) is 15.7. The number of carbonyl (C=O) groups excluding carboxylic acids is 1. The molecule has 2 fully saturated rings. The third kappa shape index (κ3) is 8.80. The number of hydrogen-bond acceptors (Lipinski definition) is 10. The summed E-state index contributed by atoms with van der Waals surface area (Å²) >= 11 is 1.49. The zero-order valence-electron chi connectivity index (χ0n) is 28.2. The van der Waals surface area contributed by atoms with Crippen LogP contribution in [-0.2, 0) is 26.5 Å². The number of aromatic carboxylic acids is 1. The molecule has 0 amide bonds. The molecule has 1 aromatic heterocycles. The van der Waals surface area contributed by atoms with Crippen molar-refractivity contribution in [1.29, 1.82) is 0 Å². The Bertz CT molecular complexity index is 1830. The molecule has 48 heavy (non-hydrogen) atoms. The van der Waals surface area contributed by atoms with E-state index in [1.54, 1.807) is 24.4 Å². The average Bonchev–Trinajstić information content (AvgIpc) is 3.48. The van der Waals surface area contributed by atoms with Crippen LogP contribution in [0.2, 0.25) is 0 Å². The summed E-state index contributed by atoms with van der Waals surface area (Å²) in [6.45, 7) is 5.34. The molecular formula is C33H45N5O7S3. The van der Waals surface area contributed by atoms with Crippen molar-refractivity contribution in [3.8, 4) is 0 Å². The number of nitrogens with zero attached hydrogens (tertiary/aromatic N) is 5. The van der Waals surface area contributed by atoms with E-state index in [0.29, 0.717) is 11.3 Å². The quantitative estimate of drug-likeness (QED) is 0.291. The number of rotatable bonds is 10. The lowest BCUT2D eigenvalue weighted by Crippen LogP contribution is -2.31. The molecule has 0 saturated carbocycles. The standard InChI is InChI=1S/C19H25N3O3S2.C14H20N2O4S/c1-14-13-20-19(26-14)12-18(23)16-11-15(27(24,25)21(2)3)7-8-17(16)22-9-5-4-6-10-22;1-15(2)21(19,20)11-6-7-13(12(10-11)14(17)18)16-8-4-3-5-9-16/h7-8,11,13H,4-6,9-10,12H2,1-3H3;6-7,10H,3-5,8-9H2,1-2H3,(H,17,18). The number of hydrogen-bond donors (Lipinski definition) is 1. The van der Waals surface area contributed by atoms with Crippen LogP contribution in [0.4, 0.5) is 11.4 Å². The van der Waals surface area contributed by atoms with Crippen molar-refractivity contribution in [3.63, 3.8) is 0 Å². The van der Waals surface area contributed by atoms with Gasteiger partial charge in [0.05, 0.1) is 27.5 Å². The second-order valence-corrected chi connectivity index (χ2v) is 17.9. The minimum atomic E-state index is -3.63. The van der Waals surface area contributed by atoms with Gasteiger partial charge in [0.2, 0.25) is 20.0 Å². The van der Waals surface area contributed by atoms with Crippen LogP contribution >= 0.6 is 11.3 Å². The highest BCUT2D eigenvalue weighted by molar-refractivity contribution is 7.89. The number of Topliss-reactive ketones (excluding diaryl/α,β-unsaturated/α-hetero) is 1. The summed E-state index contributed by atoms with van der Waals surface area (Å²) < 4.78 is 51.6. The maximum Gasteiger partial charge on any atom is 0.337 e. The van der Waals surface area contributed by atoms with Crippen LogP contribution in [0.25, 0.3) is 0 Å². The fraction of sp³-hybridized carbons (Fsp3) is 0.485. The van der Waals surface area contributed by atoms with Crippen LogP contribution in [0.3, 0.4) is 0 Å². The Morgan fingerprint density at radius 2 is 1.19 bits per heavy atom. The van der Waals surface area contributed by atoms with E-state index in [1.807, 2.05) is 11.8 Å². The molecule has 0 aliphatic carbocycles. The van der Waals surface area contributed by atoms with Crippen LogP contribution < -0.4 is 9.80 Å². The van der Waals surface area contributed by atoms with Gasteiger partial charge in [0, 0.05) is 76.7 Å². The summed E-state index contributed by atoms with van der Waals surface area (Å²) in [5.41, 5.74) is 1.93. The largest absolute Gasteiger partial charge is 0.478 e. The van der Waals surface area contributed by atoms with E-state index in [-0.39, 0.29) is 27.6 Å². The van der Waals surface area contributed by atoms with Crippen molar-refractivity contribution >= 4 is 54.5 Å². The highest BCUT2D eigenvalue weighted by atomic mass is 32.2. The van der Waals surface area contributed by atoms with E-state index in [2.05, 4.69) is 9.88 Å². The van der Waals surface area contributed by atoms with Crippen LogP contribution in [0.1, 0.15) is 69.1 Å². The Kier molecular flexibility index (Phi) is 12.4. The Labute approximate surface area is 288 Å². The molecule has 15 heteroatoms. The van der Waals surface area contributed by atoms with Crippen molar-refractivity contribution in [2.75, 3.05) is 64.2 Å². The van der Waals surface area contributed by atoms with Crippen LogP contribution in [0.5, 0.6) is 0 Å². The van der Waals surface area contributed by atoms with E-state index < -0.39 is 26.0 Å². The molecular weight excluding hydrogens is 675 g/mol. The van der Waals surface area contributed by atoms with Crippen LogP contribution in [0.15, 0.2) is 52.4 Å². The molecule has 12 nitrogen and oxygen atoms in total.